The minimum absolute atomic E-state index is 0.107. The van der Waals surface area contributed by atoms with Crippen molar-refractivity contribution in [2.75, 3.05) is 25.1 Å². The number of nitrogen functional groups attached to an aromatic ring is 1. The van der Waals surface area contributed by atoms with Crippen molar-refractivity contribution in [3.63, 3.8) is 0 Å². The molecule has 0 unspecified atom stereocenters. The molecule has 0 aliphatic heterocycles. The maximum Gasteiger partial charge on any atom is 0.243 e. The molecule has 19 heavy (non-hydrogen) atoms. The van der Waals surface area contributed by atoms with Gasteiger partial charge in [0.2, 0.25) is 20.0 Å². The molecular weight excluding hydrogens is 297 g/mol. The molecule has 0 saturated carbocycles. The fourth-order valence-corrected chi connectivity index (χ4v) is 2.84. The van der Waals surface area contributed by atoms with E-state index in [9.17, 15) is 21.2 Å². The van der Waals surface area contributed by atoms with E-state index in [0.29, 0.717) is 0 Å². The maximum absolute atomic E-state index is 13.4. The summed E-state index contributed by atoms with van der Waals surface area (Å²) in [4.78, 5) is -0.577. The lowest BCUT2D eigenvalue weighted by Crippen LogP contribution is -2.34. The normalized spacial score (nSPS) is 12.5. The lowest BCUT2D eigenvalue weighted by molar-refractivity contribution is 0.554. The SMILES string of the molecule is CS(=O)(=O)NCCNS(=O)(=O)c1cc(N)ccc1F. The third kappa shape index (κ3) is 5.11. The Hall–Kier alpha value is -1.23. The molecule has 1 aromatic rings. The third-order valence-electron chi connectivity index (χ3n) is 2.03. The first kappa shape index (κ1) is 15.8. The summed E-state index contributed by atoms with van der Waals surface area (Å²) in [6.45, 7) is -0.342. The van der Waals surface area contributed by atoms with Crippen LogP contribution in [0.2, 0.25) is 0 Å². The van der Waals surface area contributed by atoms with E-state index < -0.39 is 30.8 Å². The fourth-order valence-electron chi connectivity index (χ4n) is 1.23. The summed E-state index contributed by atoms with van der Waals surface area (Å²) >= 11 is 0. The Kier molecular flexibility index (Phi) is 4.85. The molecule has 0 spiro atoms. The third-order valence-corrected chi connectivity index (χ3v) is 4.23. The Bertz CT molecular complexity index is 658. The van der Waals surface area contributed by atoms with E-state index in [1.807, 2.05) is 0 Å². The Morgan fingerprint density at radius 3 is 2.32 bits per heavy atom. The number of benzene rings is 1. The molecule has 0 atom stereocenters. The molecule has 0 heterocycles. The molecule has 0 bridgehead atoms. The van der Waals surface area contributed by atoms with Crippen molar-refractivity contribution in [3.05, 3.63) is 24.0 Å². The number of nitrogens with one attached hydrogen (secondary N) is 2. The van der Waals surface area contributed by atoms with Gasteiger partial charge in [0.05, 0.1) is 6.26 Å². The van der Waals surface area contributed by atoms with Crippen LogP contribution in [0, 0.1) is 5.82 Å². The van der Waals surface area contributed by atoms with Crippen LogP contribution in [0.15, 0.2) is 23.1 Å². The summed E-state index contributed by atoms with van der Waals surface area (Å²) in [5.41, 5.74) is 5.49. The lowest BCUT2D eigenvalue weighted by Gasteiger charge is -2.08. The zero-order chi connectivity index (χ0) is 14.7. The van der Waals surface area contributed by atoms with Crippen molar-refractivity contribution >= 4 is 25.7 Å². The van der Waals surface area contributed by atoms with Gasteiger partial charge in [-0.25, -0.2) is 30.7 Å². The zero-order valence-corrected chi connectivity index (χ0v) is 11.7. The van der Waals surface area contributed by atoms with E-state index in [1.54, 1.807) is 0 Å². The van der Waals surface area contributed by atoms with E-state index >= 15 is 0 Å². The highest BCUT2D eigenvalue weighted by atomic mass is 32.2. The van der Waals surface area contributed by atoms with Crippen LogP contribution < -0.4 is 15.2 Å². The molecule has 0 aromatic heterocycles. The van der Waals surface area contributed by atoms with Gasteiger partial charge in [0, 0.05) is 18.8 Å². The summed E-state index contributed by atoms with van der Waals surface area (Å²) in [6, 6.07) is 3.17. The molecule has 4 N–H and O–H groups in total. The second-order valence-corrected chi connectivity index (χ2v) is 7.32. The Morgan fingerprint density at radius 1 is 1.16 bits per heavy atom. The van der Waals surface area contributed by atoms with Crippen molar-refractivity contribution in [3.8, 4) is 0 Å². The van der Waals surface area contributed by atoms with Crippen LogP contribution in [0.25, 0.3) is 0 Å². The predicted octanol–water partition coefficient (Wildman–Crippen LogP) is -0.765. The lowest BCUT2D eigenvalue weighted by atomic mass is 10.3. The van der Waals surface area contributed by atoms with Crippen LogP contribution in [-0.4, -0.2) is 36.2 Å². The number of rotatable bonds is 6. The average molecular weight is 311 g/mol. The van der Waals surface area contributed by atoms with Gasteiger partial charge in [-0.15, -0.1) is 0 Å². The van der Waals surface area contributed by atoms with Gasteiger partial charge in [-0.1, -0.05) is 0 Å². The molecule has 10 heteroatoms. The van der Waals surface area contributed by atoms with Crippen molar-refractivity contribution in [2.45, 2.75) is 4.90 Å². The van der Waals surface area contributed by atoms with Gasteiger partial charge in [0.15, 0.2) is 0 Å². The van der Waals surface area contributed by atoms with Crippen molar-refractivity contribution in [2.24, 2.45) is 0 Å². The van der Waals surface area contributed by atoms with Crippen LogP contribution in [0.4, 0.5) is 10.1 Å². The van der Waals surface area contributed by atoms with Gasteiger partial charge >= 0.3 is 0 Å². The number of nitrogens with two attached hydrogens (primary N) is 1. The molecular formula is C9H14FN3O4S2. The summed E-state index contributed by atoms with van der Waals surface area (Å²) in [7, 11) is -7.47. The smallest absolute Gasteiger partial charge is 0.243 e. The van der Waals surface area contributed by atoms with Crippen molar-refractivity contribution < 1.29 is 21.2 Å². The molecule has 0 saturated heterocycles. The highest BCUT2D eigenvalue weighted by molar-refractivity contribution is 7.89. The number of anilines is 1. The van der Waals surface area contributed by atoms with Gasteiger partial charge in [0.1, 0.15) is 10.7 Å². The summed E-state index contributed by atoms with van der Waals surface area (Å²) in [5.74, 6) is -0.933. The van der Waals surface area contributed by atoms with Crippen LogP contribution in [0.3, 0.4) is 0 Å². The summed E-state index contributed by atoms with van der Waals surface area (Å²) < 4.78 is 62.6. The maximum atomic E-state index is 13.4. The molecule has 0 aliphatic rings. The monoisotopic (exact) mass is 311 g/mol. The Morgan fingerprint density at radius 2 is 1.74 bits per heavy atom. The van der Waals surface area contributed by atoms with Gasteiger partial charge in [0.25, 0.3) is 0 Å². The van der Waals surface area contributed by atoms with Crippen LogP contribution in [0.1, 0.15) is 0 Å². The van der Waals surface area contributed by atoms with Crippen LogP contribution >= 0.6 is 0 Å². The first-order valence-electron chi connectivity index (χ1n) is 5.11. The highest BCUT2D eigenvalue weighted by Crippen LogP contribution is 2.17. The Balaban J connectivity index is 2.74. The van der Waals surface area contributed by atoms with Gasteiger partial charge < -0.3 is 5.73 Å². The summed E-state index contributed by atoms with van der Waals surface area (Å²) in [6.07, 6.45) is 0.944. The minimum atomic E-state index is -4.07. The zero-order valence-electron chi connectivity index (χ0n) is 10.1. The molecule has 1 aromatic carbocycles. The number of hydrogen-bond donors (Lipinski definition) is 3. The van der Waals surface area contributed by atoms with E-state index in [1.165, 1.54) is 6.07 Å². The van der Waals surface area contributed by atoms with E-state index in [-0.39, 0.29) is 18.8 Å². The van der Waals surface area contributed by atoms with E-state index in [4.69, 9.17) is 5.73 Å². The van der Waals surface area contributed by atoms with E-state index in [2.05, 4.69) is 9.44 Å². The molecule has 7 nitrogen and oxygen atoms in total. The molecule has 0 radical (unpaired) electrons. The first-order valence-corrected chi connectivity index (χ1v) is 8.48. The summed E-state index contributed by atoms with van der Waals surface area (Å²) in [5, 5.41) is 0. The number of sulfonamides is 2. The second kappa shape index (κ2) is 5.82. The topological polar surface area (TPSA) is 118 Å². The molecule has 0 amide bonds. The molecule has 0 aliphatic carbocycles. The van der Waals surface area contributed by atoms with Crippen molar-refractivity contribution in [1.82, 2.24) is 9.44 Å². The fraction of sp³-hybridized carbons (Fsp3) is 0.333. The highest BCUT2D eigenvalue weighted by Gasteiger charge is 2.18. The Labute approximate surface area is 111 Å². The minimum Gasteiger partial charge on any atom is -0.399 e. The van der Waals surface area contributed by atoms with Crippen LogP contribution in [0.5, 0.6) is 0 Å². The molecule has 108 valence electrons. The largest absolute Gasteiger partial charge is 0.399 e. The standard InChI is InChI=1S/C9H14FN3O4S2/c1-18(14,15)12-4-5-13-19(16,17)9-6-7(11)2-3-8(9)10/h2-3,6,12-13H,4-5,11H2,1H3. The number of hydrogen-bond acceptors (Lipinski definition) is 5. The number of halogens is 1. The molecule has 1 rings (SSSR count). The van der Waals surface area contributed by atoms with Crippen LogP contribution in [-0.2, 0) is 20.0 Å². The van der Waals surface area contributed by atoms with E-state index in [0.717, 1.165) is 18.4 Å². The average Bonchev–Trinajstić information content (AvgIpc) is 2.26. The quantitative estimate of drug-likeness (QED) is 0.471. The predicted molar refractivity (Wildman–Crippen MR) is 68.8 cm³/mol. The molecule has 0 fully saturated rings. The van der Waals surface area contributed by atoms with Gasteiger partial charge in [-0.2, -0.15) is 0 Å². The first-order chi connectivity index (χ1) is 8.62. The second-order valence-electron chi connectivity index (χ2n) is 3.75. The van der Waals surface area contributed by atoms with Gasteiger partial charge in [-0.05, 0) is 18.2 Å². The van der Waals surface area contributed by atoms with Gasteiger partial charge in [-0.3, -0.25) is 0 Å². The van der Waals surface area contributed by atoms with Crippen molar-refractivity contribution in [1.29, 1.82) is 0 Å².